The molecule has 1 saturated heterocycles. The zero-order valence-electron chi connectivity index (χ0n) is 16.6. The maximum absolute atomic E-state index is 13.9. The molecule has 0 spiro atoms. The highest BCUT2D eigenvalue weighted by atomic mass is 79.9. The third kappa shape index (κ3) is 6.50. The van der Waals surface area contributed by atoms with Crippen LogP contribution in [0.5, 0.6) is 0 Å². The van der Waals surface area contributed by atoms with E-state index < -0.39 is 11.8 Å². The van der Waals surface area contributed by atoms with Crippen LogP contribution in [0.4, 0.5) is 10.1 Å². The number of carbonyl (C=O) groups excluding carboxylic acids is 3. The average Bonchev–Trinajstić information content (AvgIpc) is 2.78. The predicted molar refractivity (Wildman–Crippen MR) is 116 cm³/mol. The van der Waals surface area contributed by atoms with Crippen LogP contribution in [0.1, 0.15) is 10.4 Å². The topological polar surface area (TPSA) is 91.0 Å². The Kier molecular flexibility index (Phi) is 7.96. The number of nitrogens with zero attached hydrogens (tertiary/aromatic N) is 2. The number of hydrazine groups is 1. The van der Waals surface area contributed by atoms with E-state index >= 15 is 0 Å². The van der Waals surface area contributed by atoms with E-state index in [0.717, 1.165) is 4.47 Å². The summed E-state index contributed by atoms with van der Waals surface area (Å²) in [5, 5.41) is 0. The molecule has 2 N–H and O–H groups in total. The third-order valence-electron chi connectivity index (χ3n) is 4.71. The summed E-state index contributed by atoms with van der Waals surface area (Å²) in [5.74, 6) is -1.59. The molecule has 1 aliphatic rings. The number of ether oxygens (including phenoxy) is 1. The van der Waals surface area contributed by atoms with E-state index in [2.05, 4.69) is 26.8 Å². The number of piperazine rings is 1. The molecule has 3 rings (SSSR count). The van der Waals surface area contributed by atoms with Gasteiger partial charge in [-0.2, -0.15) is 0 Å². The van der Waals surface area contributed by atoms with Gasteiger partial charge in [0, 0.05) is 36.2 Å². The zero-order valence-corrected chi connectivity index (χ0v) is 18.2. The molecule has 3 amide bonds. The minimum absolute atomic E-state index is 0.250. The van der Waals surface area contributed by atoms with Crippen molar-refractivity contribution in [2.45, 2.75) is 0 Å². The van der Waals surface area contributed by atoms with E-state index in [1.165, 1.54) is 6.07 Å². The molecule has 1 aliphatic heterocycles. The lowest BCUT2D eigenvalue weighted by atomic mass is 10.2. The van der Waals surface area contributed by atoms with Gasteiger partial charge in [-0.1, -0.05) is 28.1 Å². The van der Waals surface area contributed by atoms with Crippen molar-refractivity contribution >= 4 is 39.3 Å². The largest absolute Gasteiger partial charge is 0.366 e. The maximum atomic E-state index is 13.9. The molecule has 164 valence electrons. The second kappa shape index (κ2) is 10.9. The Balaban J connectivity index is 1.34. The molecule has 1 fully saturated rings. The fraction of sp³-hybridized carbons (Fsp3) is 0.286. The van der Waals surface area contributed by atoms with E-state index in [-0.39, 0.29) is 24.9 Å². The SMILES string of the molecule is O=C(COCC(=O)N1CCN(c2ccccc2F)CC1)NNC(=O)c1ccc(Br)cc1. The Labute approximate surface area is 187 Å². The third-order valence-corrected chi connectivity index (χ3v) is 5.23. The smallest absolute Gasteiger partial charge is 0.269 e. The highest BCUT2D eigenvalue weighted by Gasteiger charge is 2.22. The second-order valence-electron chi connectivity index (χ2n) is 6.82. The van der Waals surface area contributed by atoms with Gasteiger partial charge in [-0.3, -0.25) is 25.2 Å². The van der Waals surface area contributed by atoms with Crippen LogP contribution >= 0.6 is 15.9 Å². The van der Waals surface area contributed by atoms with Crippen LogP contribution in [0.3, 0.4) is 0 Å². The summed E-state index contributed by atoms with van der Waals surface area (Å²) in [6.45, 7) is 1.26. The number of para-hydroxylation sites is 1. The van der Waals surface area contributed by atoms with E-state index in [0.29, 0.717) is 37.4 Å². The van der Waals surface area contributed by atoms with E-state index in [1.807, 2.05) is 4.90 Å². The van der Waals surface area contributed by atoms with Gasteiger partial charge in [0.1, 0.15) is 19.0 Å². The summed E-state index contributed by atoms with van der Waals surface area (Å²) in [6.07, 6.45) is 0. The van der Waals surface area contributed by atoms with Gasteiger partial charge in [-0.15, -0.1) is 0 Å². The van der Waals surface area contributed by atoms with Crippen LogP contribution in [-0.2, 0) is 14.3 Å². The van der Waals surface area contributed by atoms with Crippen molar-refractivity contribution in [2.75, 3.05) is 44.3 Å². The molecule has 0 bridgehead atoms. The van der Waals surface area contributed by atoms with E-state index in [1.54, 1.807) is 47.4 Å². The quantitative estimate of drug-likeness (QED) is 0.599. The Morgan fingerprint density at radius 2 is 1.61 bits per heavy atom. The van der Waals surface area contributed by atoms with Crippen LogP contribution in [0.2, 0.25) is 0 Å². The fourth-order valence-corrected chi connectivity index (χ4v) is 3.33. The molecule has 10 heteroatoms. The molecule has 2 aromatic rings. The Morgan fingerprint density at radius 3 is 2.29 bits per heavy atom. The van der Waals surface area contributed by atoms with Crippen LogP contribution in [0.25, 0.3) is 0 Å². The Morgan fingerprint density at radius 1 is 0.935 bits per heavy atom. The standard InChI is InChI=1S/C21H22BrFN4O4/c22-16-7-5-15(6-8-16)21(30)25-24-19(28)13-31-14-20(29)27-11-9-26(10-12-27)18-4-2-1-3-17(18)23/h1-8H,9-14H2,(H,24,28)(H,25,30). The highest BCUT2D eigenvalue weighted by Crippen LogP contribution is 2.20. The van der Waals surface area contributed by atoms with Gasteiger partial charge in [-0.25, -0.2) is 4.39 Å². The number of nitrogens with one attached hydrogen (secondary N) is 2. The normalized spacial score (nSPS) is 13.6. The van der Waals surface area contributed by atoms with E-state index in [4.69, 9.17) is 4.74 Å². The van der Waals surface area contributed by atoms with Gasteiger partial charge in [-0.05, 0) is 36.4 Å². The van der Waals surface area contributed by atoms with Gasteiger partial charge >= 0.3 is 0 Å². The monoisotopic (exact) mass is 492 g/mol. The van der Waals surface area contributed by atoms with Gasteiger partial charge in [0.25, 0.3) is 11.8 Å². The molecule has 0 unspecified atom stereocenters. The number of amides is 3. The number of halogens is 2. The number of carbonyl (C=O) groups is 3. The molecule has 8 nitrogen and oxygen atoms in total. The first-order valence-electron chi connectivity index (χ1n) is 9.64. The summed E-state index contributed by atoms with van der Waals surface area (Å²) < 4.78 is 19.9. The molecule has 2 aromatic carbocycles. The first-order valence-corrected chi connectivity index (χ1v) is 10.4. The second-order valence-corrected chi connectivity index (χ2v) is 7.74. The molecule has 1 heterocycles. The van der Waals surface area contributed by atoms with Crippen molar-refractivity contribution < 1.29 is 23.5 Å². The number of rotatable bonds is 6. The molecule has 31 heavy (non-hydrogen) atoms. The molecule has 0 aliphatic carbocycles. The van der Waals surface area contributed by atoms with Crippen molar-refractivity contribution in [2.24, 2.45) is 0 Å². The average molecular weight is 493 g/mol. The summed E-state index contributed by atoms with van der Waals surface area (Å²) >= 11 is 3.28. The molecule has 0 saturated carbocycles. The van der Waals surface area contributed by atoms with E-state index in [9.17, 15) is 18.8 Å². The van der Waals surface area contributed by atoms with Crippen molar-refractivity contribution in [1.29, 1.82) is 0 Å². The van der Waals surface area contributed by atoms with Crippen molar-refractivity contribution in [3.05, 3.63) is 64.4 Å². The highest BCUT2D eigenvalue weighted by molar-refractivity contribution is 9.10. The van der Waals surface area contributed by atoms with Crippen LogP contribution in [0.15, 0.2) is 53.0 Å². The summed E-state index contributed by atoms with van der Waals surface area (Å²) in [7, 11) is 0. The van der Waals surface area contributed by atoms with Gasteiger partial charge in [0.15, 0.2) is 0 Å². The number of benzene rings is 2. The first-order chi connectivity index (χ1) is 14.9. The van der Waals surface area contributed by atoms with Crippen molar-refractivity contribution in [3.8, 4) is 0 Å². The summed E-state index contributed by atoms with van der Waals surface area (Å²) in [5.41, 5.74) is 5.42. The molecule has 0 atom stereocenters. The maximum Gasteiger partial charge on any atom is 0.269 e. The lowest BCUT2D eigenvalue weighted by Crippen LogP contribution is -2.50. The fourth-order valence-electron chi connectivity index (χ4n) is 3.06. The Hall–Kier alpha value is -2.98. The Bertz CT molecular complexity index is 933. The molecule has 0 aromatic heterocycles. The molecular formula is C21H22BrFN4O4. The van der Waals surface area contributed by atoms with Crippen LogP contribution < -0.4 is 15.8 Å². The van der Waals surface area contributed by atoms with Gasteiger partial charge in [0.05, 0.1) is 5.69 Å². The van der Waals surface area contributed by atoms with Gasteiger partial charge in [0.2, 0.25) is 5.91 Å². The van der Waals surface area contributed by atoms with Crippen LogP contribution in [0, 0.1) is 5.82 Å². The molecule has 0 radical (unpaired) electrons. The lowest BCUT2D eigenvalue weighted by Gasteiger charge is -2.36. The number of anilines is 1. The predicted octanol–water partition coefficient (Wildman–Crippen LogP) is 1.71. The number of hydrogen-bond acceptors (Lipinski definition) is 5. The summed E-state index contributed by atoms with van der Waals surface area (Å²) in [4.78, 5) is 39.5. The van der Waals surface area contributed by atoms with Crippen molar-refractivity contribution in [1.82, 2.24) is 15.8 Å². The van der Waals surface area contributed by atoms with Crippen molar-refractivity contribution in [3.63, 3.8) is 0 Å². The summed E-state index contributed by atoms with van der Waals surface area (Å²) in [6, 6.07) is 13.2. The molecular weight excluding hydrogens is 471 g/mol. The zero-order chi connectivity index (χ0) is 22.2. The first kappa shape index (κ1) is 22.7. The lowest BCUT2D eigenvalue weighted by molar-refractivity contribution is -0.138. The number of hydrogen-bond donors (Lipinski definition) is 2. The van der Waals surface area contributed by atoms with Gasteiger partial charge < -0.3 is 14.5 Å². The van der Waals surface area contributed by atoms with Crippen LogP contribution in [-0.4, -0.2) is 62.0 Å². The minimum atomic E-state index is -0.581. The minimum Gasteiger partial charge on any atom is -0.366 e.